The normalized spacial score (nSPS) is 10.2. The SMILES string of the molecule is Nc1cc(NCCc2ncno2)ccc1[N+](=O)[O-]. The van der Waals surface area contributed by atoms with Gasteiger partial charge in [0.1, 0.15) is 5.69 Å². The van der Waals surface area contributed by atoms with Crippen LogP contribution in [0.5, 0.6) is 0 Å². The first-order valence-electron chi connectivity index (χ1n) is 5.20. The molecule has 0 saturated carbocycles. The third-order valence-corrected chi connectivity index (χ3v) is 2.30. The van der Waals surface area contributed by atoms with Crippen LogP contribution in [-0.4, -0.2) is 21.6 Å². The molecular formula is C10H11N5O3. The van der Waals surface area contributed by atoms with Gasteiger partial charge in [-0.25, -0.2) is 0 Å². The van der Waals surface area contributed by atoms with Crippen molar-refractivity contribution in [2.45, 2.75) is 6.42 Å². The van der Waals surface area contributed by atoms with Crippen molar-refractivity contribution in [1.29, 1.82) is 0 Å². The monoisotopic (exact) mass is 249 g/mol. The highest BCUT2D eigenvalue weighted by Crippen LogP contribution is 2.24. The molecule has 1 heterocycles. The molecule has 0 bridgehead atoms. The van der Waals surface area contributed by atoms with Crippen molar-refractivity contribution in [2.24, 2.45) is 0 Å². The summed E-state index contributed by atoms with van der Waals surface area (Å²) in [5.41, 5.74) is 6.30. The average molecular weight is 249 g/mol. The third-order valence-electron chi connectivity index (χ3n) is 2.30. The van der Waals surface area contributed by atoms with Gasteiger partial charge in [-0.2, -0.15) is 4.98 Å². The zero-order valence-corrected chi connectivity index (χ0v) is 9.37. The van der Waals surface area contributed by atoms with E-state index < -0.39 is 4.92 Å². The van der Waals surface area contributed by atoms with Gasteiger partial charge in [-0.15, -0.1) is 0 Å². The van der Waals surface area contributed by atoms with Crippen LogP contribution in [0.4, 0.5) is 17.1 Å². The van der Waals surface area contributed by atoms with Gasteiger partial charge in [0.05, 0.1) is 4.92 Å². The van der Waals surface area contributed by atoms with Crippen molar-refractivity contribution in [3.05, 3.63) is 40.5 Å². The number of hydrogen-bond acceptors (Lipinski definition) is 7. The van der Waals surface area contributed by atoms with Gasteiger partial charge >= 0.3 is 0 Å². The summed E-state index contributed by atoms with van der Waals surface area (Å²) >= 11 is 0. The van der Waals surface area contributed by atoms with Crippen molar-refractivity contribution >= 4 is 17.1 Å². The second kappa shape index (κ2) is 5.13. The van der Waals surface area contributed by atoms with Gasteiger partial charge in [0.15, 0.2) is 6.33 Å². The molecule has 0 aliphatic carbocycles. The number of nitrogens with zero attached hydrogens (tertiary/aromatic N) is 3. The molecule has 0 spiro atoms. The van der Waals surface area contributed by atoms with Crippen LogP contribution in [-0.2, 0) is 6.42 Å². The molecule has 0 amide bonds. The van der Waals surface area contributed by atoms with Gasteiger partial charge in [-0.05, 0) is 12.1 Å². The summed E-state index contributed by atoms with van der Waals surface area (Å²) in [6.45, 7) is 0.569. The van der Waals surface area contributed by atoms with Crippen LogP contribution in [0.15, 0.2) is 29.0 Å². The van der Waals surface area contributed by atoms with E-state index in [1.54, 1.807) is 6.07 Å². The predicted molar refractivity (Wildman–Crippen MR) is 64.0 cm³/mol. The zero-order chi connectivity index (χ0) is 13.0. The summed E-state index contributed by atoms with van der Waals surface area (Å²) in [4.78, 5) is 13.9. The lowest BCUT2D eigenvalue weighted by Crippen LogP contribution is -2.06. The fourth-order valence-electron chi connectivity index (χ4n) is 1.45. The minimum absolute atomic E-state index is 0.0996. The molecule has 8 heteroatoms. The lowest BCUT2D eigenvalue weighted by Gasteiger charge is -2.05. The molecule has 1 aromatic carbocycles. The van der Waals surface area contributed by atoms with Gasteiger partial charge in [-0.1, -0.05) is 5.16 Å². The van der Waals surface area contributed by atoms with Gasteiger partial charge in [0.25, 0.3) is 5.69 Å². The highest BCUT2D eigenvalue weighted by molar-refractivity contribution is 5.65. The Balaban J connectivity index is 1.94. The van der Waals surface area contributed by atoms with Crippen LogP contribution in [0, 0.1) is 10.1 Å². The van der Waals surface area contributed by atoms with Crippen molar-refractivity contribution in [1.82, 2.24) is 10.1 Å². The Morgan fingerprint density at radius 1 is 1.50 bits per heavy atom. The molecule has 0 atom stereocenters. The fraction of sp³-hybridized carbons (Fsp3) is 0.200. The number of nitrogens with two attached hydrogens (primary N) is 1. The summed E-state index contributed by atoms with van der Waals surface area (Å²) in [5.74, 6) is 0.525. The maximum absolute atomic E-state index is 10.6. The van der Waals surface area contributed by atoms with Gasteiger partial charge in [0, 0.05) is 24.7 Å². The summed E-state index contributed by atoms with van der Waals surface area (Å²) in [7, 11) is 0. The molecule has 18 heavy (non-hydrogen) atoms. The number of aromatic nitrogens is 2. The van der Waals surface area contributed by atoms with Crippen LogP contribution in [0.1, 0.15) is 5.89 Å². The van der Waals surface area contributed by atoms with Gasteiger partial charge < -0.3 is 15.6 Å². The quantitative estimate of drug-likeness (QED) is 0.464. The first kappa shape index (κ1) is 11.8. The second-order valence-corrected chi connectivity index (χ2v) is 3.54. The number of nitro benzene ring substituents is 1. The number of hydrogen-bond donors (Lipinski definition) is 2. The first-order chi connectivity index (χ1) is 8.66. The van der Waals surface area contributed by atoms with Crippen molar-refractivity contribution in [3.8, 4) is 0 Å². The highest BCUT2D eigenvalue weighted by Gasteiger charge is 2.10. The van der Waals surface area contributed by atoms with Crippen LogP contribution in [0.3, 0.4) is 0 Å². The molecule has 1 aromatic heterocycles. The Kier molecular flexibility index (Phi) is 3.37. The molecule has 3 N–H and O–H groups in total. The van der Waals surface area contributed by atoms with Gasteiger partial charge in [0.2, 0.25) is 5.89 Å². The van der Waals surface area contributed by atoms with E-state index in [0.29, 0.717) is 24.5 Å². The van der Waals surface area contributed by atoms with E-state index in [9.17, 15) is 10.1 Å². The van der Waals surface area contributed by atoms with E-state index in [1.807, 2.05) is 0 Å². The number of nitrogen functional groups attached to an aromatic ring is 1. The number of nitro groups is 1. The zero-order valence-electron chi connectivity index (χ0n) is 9.37. The smallest absolute Gasteiger partial charge is 0.292 e. The first-order valence-corrected chi connectivity index (χ1v) is 5.20. The average Bonchev–Trinajstić information content (AvgIpc) is 2.81. The summed E-state index contributed by atoms with van der Waals surface area (Å²) in [6, 6.07) is 4.48. The fourth-order valence-corrected chi connectivity index (χ4v) is 1.45. The molecule has 0 fully saturated rings. The Hall–Kier alpha value is -2.64. The van der Waals surface area contributed by atoms with Gasteiger partial charge in [-0.3, -0.25) is 10.1 Å². The molecule has 2 aromatic rings. The van der Waals surface area contributed by atoms with Crippen LogP contribution in [0.2, 0.25) is 0 Å². The van der Waals surface area contributed by atoms with E-state index in [2.05, 4.69) is 15.5 Å². The van der Waals surface area contributed by atoms with Crippen molar-refractivity contribution < 1.29 is 9.45 Å². The number of benzene rings is 1. The van der Waals surface area contributed by atoms with E-state index in [-0.39, 0.29) is 11.4 Å². The second-order valence-electron chi connectivity index (χ2n) is 3.54. The van der Waals surface area contributed by atoms with Crippen molar-refractivity contribution in [3.63, 3.8) is 0 Å². The Bertz CT molecular complexity index is 540. The number of nitrogens with one attached hydrogen (secondary N) is 1. The summed E-state index contributed by atoms with van der Waals surface area (Å²) < 4.78 is 4.83. The third kappa shape index (κ3) is 2.73. The molecule has 0 unspecified atom stereocenters. The van der Waals surface area contributed by atoms with E-state index in [4.69, 9.17) is 10.3 Å². The molecule has 0 aliphatic rings. The highest BCUT2D eigenvalue weighted by atomic mass is 16.6. The number of rotatable bonds is 5. The Morgan fingerprint density at radius 3 is 2.94 bits per heavy atom. The van der Waals surface area contributed by atoms with E-state index >= 15 is 0 Å². The minimum Gasteiger partial charge on any atom is -0.393 e. The standard InChI is InChI=1S/C10H11N5O3/c11-8-5-7(1-2-9(8)15(16)17)12-4-3-10-13-6-14-18-10/h1-2,5-6,12H,3-4,11H2. The molecule has 0 saturated heterocycles. The summed E-state index contributed by atoms with van der Waals surface area (Å²) in [6.07, 6.45) is 1.90. The van der Waals surface area contributed by atoms with Crippen molar-refractivity contribution in [2.75, 3.05) is 17.6 Å². The molecular weight excluding hydrogens is 238 g/mol. The molecule has 8 nitrogen and oxygen atoms in total. The van der Waals surface area contributed by atoms with E-state index in [0.717, 1.165) is 0 Å². The molecule has 0 radical (unpaired) electrons. The van der Waals surface area contributed by atoms with E-state index in [1.165, 1.54) is 18.5 Å². The largest absolute Gasteiger partial charge is 0.393 e. The number of anilines is 2. The van der Waals surface area contributed by atoms with Crippen LogP contribution < -0.4 is 11.1 Å². The lowest BCUT2D eigenvalue weighted by molar-refractivity contribution is -0.383. The maximum atomic E-state index is 10.6. The summed E-state index contributed by atoms with van der Waals surface area (Å²) in [5, 5.41) is 17.1. The Morgan fingerprint density at radius 2 is 2.33 bits per heavy atom. The molecule has 94 valence electrons. The maximum Gasteiger partial charge on any atom is 0.292 e. The van der Waals surface area contributed by atoms with Crippen LogP contribution in [0.25, 0.3) is 0 Å². The topological polar surface area (TPSA) is 120 Å². The predicted octanol–water partition coefficient (Wildman–Crippen LogP) is 1.21. The Labute approximate surface area is 102 Å². The molecule has 0 aliphatic heterocycles. The lowest BCUT2D eigenvalue weighted by atomic mass is 10.2. The minimum atomic E-state index is -0.516. The van der Waals surface area contributed by atoms with Crippen LogP contribution >= 0.6 is 0 Å². The molecule has 2 rings (SSSR count).